The first-order valence-corrected chi connectivity index (χ1v) is 16.0. The SMILES string of the molecule is CC(C)(C)C(=O)Nc1cncc(-c2cc3c(-c4cc5c(-c6cc(F)cc(CCS(C)(=O)=O)c6)nccc5[nH]4)n[nH]c3cn2)c1. The van der Waals surface area contributed by atoms with Gasteiger partial charge in [0, 0.05) is 51.5 Å². The molecule has 44 heavy (non-hydrogen) atoms. The molecule has 10 nitrogen and oxygen atoms in total. The van der Waals surface area contributed by atoms with Crippen LogP contribution in [-0.2, 0) is 21.1 Å². The summed E-state index contributed by atoms with van der Waals surface area (Å²) in [5.74, 6) is -0.653. The number of halogens is 1. The molecule has 224 valence electrons. The summed E-state index contributed by atoms with van der Waals surface area (Å²) in [4.78, 5) is 29.3. The molecule has 6 rings (SSSR count). The van der Waals surface area contributed by atoms with Gasteiger partial charge < -0.3 is 10.3 Å². The summed E-state index contributed by atoms with van der Waals surface area (Å²) in [6.07, 6.45) is 7.98. The van der Waals surface area contributed by atoms with Gasteiger partial charge in [-0.3, -0.25) is 24.8 Å². The van der Waals surface area contributed by atoms with Gasteiger partial charge in [0.15, 0.2) is 0 Å². The van der Waals surface area contributed by atoms with Crippen LogP contribution in [0.4, 0.5) is 10.1 Å². The van der Waals surface area contributed by atoms with Crippen LogP contribution < -0.4 is 5.32 Å². The molecule has 5 aromatic heterocycles. The molecular formula is C32H30FN7O3S. The van der Waals surface area contributed by atoms with Crippen LogP contribution in [0, 0.1) is 11.2 Å². The van der Waals surface area contributed by atoms with Crippen molar-refractivity contribution >= 4 is 43.2 Å². The number of aryl methyl sites for hydroxylation is 1. The number of hydrogen-bond donors (Lipinski definition) is 3. The van der Waals surface area contributed by atoms with Crippen molar-refractivity contribution in [3.05, 3.63) is 78.6 Å². The van der Waals surface area contributed by atoms with Crippen molar-refractivity contribution < 1.29 is 17.6 Å². The summed E-state index contributed by atoms with van der Waals surface area (Å²) in [5, 5.41) is 12.1. The second kappa shape index (κ2) is 10.9. The lowest BCUT2D eigenvalue weighted by molar-refractivity contribution is -0.123. The third-order valence-corrected chi connectivity index (χ3v) is 8.16. The van der Waals surface area contributed by atoms with Gasteiger partial charge in [-0.1, -0.05) is 20.8 Å². The predicted molar refractivity (Wildman–Crippen MR) is 169 cm³/mol. The number of nitrogens with zero attached hydrogens (tertiary/aromatic N) is 4. The molecule has 6 aromatic rings. The molecule has 0 atom stereocenters. The zero-order valence-electron chi connectivity index (χ0n) is 24.6. The summed E-state index contributed by atoms with van der Waals surface area (Å²) in [7, 11) is -3.20. The minimum absolute atomic E-state index is 0.0726. The molecule has 0 aliphatic rings. The molecule has 0 unspecified atom stereocenters. The van der Waals surface area contributed by atoms with Gasteiger partial charge in [0.25, 0.3) is 0 Å². The Kier molecular flexibility index (Phi) is 7.24. The van der Waals surface area contributed by atoms with Crippen LogP contribution in [0.25, 0.3) is 55.7 Å². The van der Waals surface area contributed by atoms with E-state index >= 15 is 0 Å². The molecule has 0 spiro atoms. The van der Waals surface area contributed by atoms with Crippen molar-refractivity contribution in [2.45, 2.75) is 27.2 Å². The Morgan fingerprint density at radius 2 is 1.73 bits per heavy atom. The highest BCUT2D eigenvalue weighted by Gasteiger charge is 2.22. The smallest absolute Gasteiger partial charge is 0.229 e. The quantitative estimate of drug-likeness (QED) is 0.202. The Labute approximate surface area is 253 Å². The molecule has 12 heteroatoms. The molecule has 5 heterocycles. The van der Waals surface area contributed by atoms with Crippen molar-refractivity contribution in [1.29, 1.82) is 0 Å². The second-order valence-electron chi connectivity index (χ2n) is 11.9. The molecule has 0 saturated heterocycles. The van der Waals surface area contributed by atoms with E-state index in [1.54, 1.807) is 30.9 Å². The van der Waals surface area contributed by atoms with Gasteiger partial charge in [0.1, 0.15) is 21.3 Å². The van der Waals surface area contributed by atoms with E-state index in [9.17, 15) is 17.6 Å². The van der Waals surface area contributed by atoms with Crippen LogP contribution in [0.5, 0.6) is 0 Å². The van der Waals surface area contributed by atoms with E-state index in [0.717, 1.165) is 39.3 Å². The Morgan fingerprint density at radius 3 is 2.50 bits per heavy atom. The number of carbonyl (C=O) groups excluding carboxylic acids is 1. The molecule has 1 amide bonds. The summed E-state index contributed by atoms with van der Waals surface area (Å²) in [6, 6.07) is 12.0. The molecule has 0 radical (unpaired) electrons. The topological polar surface area (TPSA) is 146 Å². The highest BCUT2D eigenvalue weighted by Crippen LogP contribution is 2.34. The number of H-pyrrole nitrogens is 2. The number of sulfone groups is 1. The number of aromatic nitrogens is 6. The summed E-state index contributed by atoms with van der Waals surface area (Å²) >= 11 is 0. The number of amides is 1. The van der Waals surface area contributed by atoms with E-state index < -0.39 is 21.1 Å². The fourth-order valence-electron chi connectivity index (χ4n) is 4.89. The predicted octanol–water partition coefficient (Wildman–Crippen LogP) is 5.94. The lowest BCUT2D eigenvalue weighted by Crippen LogP contribution is -2.27. The van der Waals surface area contributed by atoms with Gasteiger partial charge in [-0.2, -0.15) is 5.10 Å². The van der Waals surface area contributed by atoms with Crippen LogP contribution in [0.3, 0.4) is 0 Å². The van der Waals surface area contributed by atoms with Gasteiger partial charge in [-0.05, 0) is 54.4 Å². The first-order valence-electron chi connectivity index (χ1n) is 13.9. The van der Waals surface area contributed by atoms with Crippen LogP contribution in [-0.4, -0.2) is 56.5 Å². The monoisotopic (exact) mass is 611 g/mol. The van der Waals surface area contributed by atoms with E-state index in [4.69, 9.17) is 0 Å². The normalized spacial score (nSPS) is 12.2. The number of benzene rings is 1. The van der Waals surface area contributed by atoms with Crippen LogP contribution in [0.15, 0.2) is 67.3 Å². The maximum atomic E-state index is 14.6. The van der Waals surface area contributed by atoms with E-state index in [2.05, 4.69) is 35.5 Å². The Bertz CT molecular complexity index is 2160. The highest BCUT2D eigenvalue weighted by molar-refractivity contribution is 7.90. The fraction of sp³-hybridized carbons (Fsp3) is 0.219. The lowest BCUT2D eigenvalue weighted by Gasteiger charge is -2.17. The van der Waals surface area contributed by atoms with Crippen LogP contribution in [0.2, 0.25) is 0 Å². The minimum Gasteiger partial charge on any atom is -0.353 e. The van der Waals surface area contributed by atoms with Gasteiger partial charge in [0.2, 0.25) is 5.91 Å². The third kappa shape index (κ3) is 6.06. The van der Waals surface area contributed by atoms with Crippen molar-refractivity contribution in [3.8, 4) is 33.9 Å². The molecule has 0 bridgehead atoms. The minimum atomic E-state index is -3.20. The summed E-state index contributed by atoms with van der Waals surface area (Å²) in [5.41, 5.74) is 5.98. The first kappa shape index (κ1) is 29.1. The second-order valence-corrected chi connectivity index (χ2v) is 14.1. The Morgan fingerprint density at radius 1 is 0.932 bits per heavy atom. The molecule has 0 aliphatic carbocycles. The number of hydrogen-bond acceptors (Lipinski definition) is 7. The zero-order chi connectivity index (χ0) is 31.2. The third-order valence-electron chi connectivity index (χ3n) is 7.22. The summed E-state index contributed by atoms with van der Waals surface area (Å²) < 4.78 is 38.0. The van der Waals surface area contributed by atoms with Crippen LogP contribution >= 0.6 is 0 Å². The maximum absolute atomic E-state index is 14.6. The number of pyridine rings is 3. The Balaban J connectivity index is 1.37. The van der Waals surface area contributed by atoms with Crippen molar-refractivity contribution in [2.24, 2.45) is 5.41 Å². The van der Waals surface area contributed by atoms with Crippen molar-refractivity contribution in [1.82, 2.24) is 30.1 Å². The van der Waals surface area contributed by atoms with E-state index in [0.29, 0.717) is 33.9 Å². The number of nitrogens with one attached hydrogen (secondary N) is 3. The first-order chi connectivity index (χ1) is 20.8. The lowest BCUT2D eigenvalue weighted by atomic mass is 9.95. The largest absolute Gasteiger partial charge is 0.353 e. The molecule has 0 fully saturated rings. The van der Waals surface area contributed by atoms with Gasteiger partial charge in [-0.25, -0.2) is 12.8 Å². The molecule has 3 N–H and O–H groups in total. The maximum Gasteiger partial charge on any atom is 0.229 e. The van der Waals surface area contributed by atoms with Gasteiger partial charge in [-0.15, -0.1) is 0 Å². The standard InChI is InChI=1S/C32H30FN7O3S/c1-32(2,3)31(41)37-22-12-20(15-34-16-22)26-13-24-28(17-36-26)39-40-30(24)27-14-23-25(38-27)5-7-35-29(23)19-9-18(10-21(33)11-19)6-8-44(4,42)43/h5,7,9-17,38H,6,8H2,1-4H3,(H,37,41)(H,39,40). The average molecular weight is 612 g/mol. The van der Waals surface area contributed by atoms with Gasteiger partial charge >= 0.3 is 0 Å². The van der Waals surface area contributed by atoms with Crippen molar-refractivity contribution in [3.63, 3.8) is 0 Å². The highest BCUT2D eigenvalue weighted by atomic mass is 32.2. The van der Waals surface area contributed by atoms with Crippen molar-refractivity contribution in [2.75, 3.05) is 17.3 Å². The number of aromatic amines is 2. The molecule has 0 saturated carbocycles. The Hall–Kier alpha value is -4.97. The van der Waals surface area contributed by atoms with E-state index in [1.807, 2.05) is 45.0 Å². The fourth-order valence-corrected chi connectivity index (χ4v) is 5.50. The number of fused-ring (bicyclic) bond motifs is 2. The van der Waals surface area contributed by atoms with Gasteiger partial charge in [0.05, 0.1) is 46.4 Å². The molecular weight excluding hydrogens is 581 g/mol. The zero-order valence-corrected chi connectivity index (χ0v) is 25.4. The number of rotatable bonds is 7. The number of anilines is 1. The number of carbonyl (C=O) groups is 1. The van der Waals surface area contributed by atoms with E-state index in [1.165, 1.54) is 12.1 Å². The summed E-state index contributed by atoms with van der Waals surface area (Å²) in [6.45, 7) is 5.53. The average Bonchev–Trinajstić information content (AvgIpc) is 3.59. The van der Waals surface area contributed by atoms with E-state index in [-0.39, 0.29) is 18.1 Å². The van der Waals surface area contributed by atoms with Crippen LogP contribution in [0.1, 0.15) is 26.3 Å². The molecule has 0 aliphatic heterocycles. The molecule has 1 aromatic carbocycles.